The summed E-state index contributed by atoms with van der Waals surface area (Å²) in [5.41, 5.74) is 0.0474. The van der Waals surface area contributed by atoms with Gasteiger partial charge in [0.25, 0.3) is 0 Å². The maximum atomic E-state index is 13.2. The van der Waals surface area contributed by atoms with Crippen LogP contribution in [0.15, 0.2) is 24.3 Å². The number of benzene rings is 1. The van der Waals surface area contributed by atoms with Crippen LogP contribution in [0.5, 0.6) is 0 Å². The molecule has 0 aliphatic heterocycles. The summed E-state index contributed by atoms with van der Waals surface area (Å²) in [6, 6.07) is 5.73. The van der Waals surface area contributed by atoms with Crippen LogP contribution in [0.4, 0.5) is 8.78 Å². The highest BCUT2D eigenvalue weighted by molar-refractivity contribution is 5.19. The van der Waals surface area contributed by atoms with Crippen molar-refractivity contribution in [2.45, 2.75) is 12.6 Å². The van der Waals surface area contributed by atoms with E-state index in [1.54, 1.807) is 6.07 Å². The van der Waals surface area contributed by atoms with Gasteiger partial charge in [-0.1, -0.05) is 18.2 Å². The van der Waals surface area contributed by atoms with Gasteiger partial charge in [-0.05, 0) is 6.07 Å². The van der Waals surface area contributed by atoms with Crippen molar-refractivity contribution < 1.29 is 8.78 Å². The van der Waals surface area contributed by atoms with Gasteiger partial charge in [-0.3, -0.25) is 0 Å². The molecule has 68 valence electrons. The third-order valence-corrected chi connectivity index (χ3v) is 1.74. The van der Waals surface area contributed by atoms with Crippen LogP contribution >= 0.6 is 0 Å². The third-order valence-electron chi connectivity index (χ3n) is 1.74. The monoisotopic (exact) mass is 181 g/mol. The van der Waals surface area contributed by atoms with Gasteiger partial charge < -0.3 is 4.85 Å². The van der Waals surface area contributed by atoms with Gasteiger partial charge in [-0.25, -0.2) is 15.4 Å². The second kappa shape index (κ2) is 4.56. The van der Waals surface area contributed by atoms with Crippen molar-refractivity contribution in [1.29, 1.82) is 0 Å². The van der Waals surface area contributed by atoms with Crippen LogP contribution < -0.4 is 0 Å². The SMILES string of the molecule is [C-]#[N+]CCC(F)c1ccccc1F. The van der Waals surface area contributed by atoms with Crippen molar-refractivity contribution in [2.24, 2.45) is 0 Å². The van der Waals surface area contributed by atoms with Crippen molar-refractivity contribution in [3.63, 3.8) is 0 Å². The van der Waals surface area contributed by atoms with Crippen LogP contribution in [-0.2, 0) is 0 Å². The zero-order chi connectivity index (χ0) is 9.68. The first-order valence-electron chi connectivity index (χ1n) is 3.97. The van der Waals surface area contributed by atoms with E-state index in [9.17, 15) is 8.78 Å². The van der Waals surface area contributed by atoms with Crippen LogP contribution in [0.25, 0.3) is 4.85 Å². The van der Waals surface area contributed by atoms with E-state index >= 15 is 0 Å². The summed E-state index contributed by atoms with van der Waals surface area (Å²) in [5.74, 6) is -0.542. The number of halogens is 2. The van der Waals surface area contributed by atoms with Crippen molar-refractivity contribution in [3.8, 4) is 0 Å². The van der Waals surface area contributed by atoms with E-state index < -0.39 is 12.0 Å². The molecule has 1 atom stereocenters. The molecule has 1 rings (SSSR count). The van der Waals surface area contributed by atoms with Crippen molar-refractivity contribution in [1.82, 2.24) is 0 Å². The van der Waals surface area contributed by atoms with Crippen molar-refractivity contribution in [3.05, 3.63) is 47.1 Å². The maximum Gasteiger partial charge on any atom is 0.217 e. The first kappa shape index (κ1) is 9.66. The molecule has 1 unspecified atom stereocenters. The molecule has 0 fully saturated rings. The number of rotatable bonds is 3. The highest BCUT2D eigenvalue weighted by atomic mass is 19.1. The van der Waals surface area contributed by atoms with E-state index in [-0.39, 0.29) is 18.5 Å². The van der Waals surface area contributed by atoms with E-state index in [0.29, 0.717) is 0 Å². The molecule has 0 saturated heterocycles. The molecule has 1 aromatic rings. The Kier molecular flexibility index (Phi) is 3.39. The molecule has 0 amide bonds. The first-order valence-corrected chi connectivity index (χ1v) is 3.97. The van der Waals surface area contributed by atoms with Gasteiger partial charge in [0.15, 0.2) is 0 Å². The van der Waals surface area contributed by atoms with Crippen LogP contribution in [0.1, 0.15) is 18.2 Å². The Bertz CT molecular complexity index is 317. The summed E-state index contributed by atoms with van der Waals surface area (Å²) in [4.78, 5) is 3.02. The Labute approximate surface area is 75.8 Å². The van der Waals surface area contributed by atoms with Crippen LogP contribution in [0.2, 0.25) is 0 Å². The molecule has 1 nitrogen and oxygen atoms in total. The molecule has 3 heteroatoms. The zero-order valence-corrected chi connectivity index (χ0v) is 7.00. The van der Waals surface area contributed by atoms with Gasteiger partial charge in [0.05, 0.1) is 6.42 Å². The molecule has 0 radical (unpaired) electrons. The molecule has 0 aromatic heterocycles. The summed E-state index contributed by atoms with van der Waals surface area (Å²) in [7, 11) is 0. The van der Waals surface area contributed by atoms with E-state index in [4.69, 9.17) is 6.57 Å². The lowest BCUT2D eigenvalue weighted by Crippen LogP contribution is -1.96. The second-order valence-electron chi connectivity index (χ2n) is 2.66. The highest BCUT2D eigenvalue weighted by Gasteiger charge is 2.14. The molecule has 0 saturated carbocycles. The minimum Gasteiger partial charge on any atom is -0.317 e. The van der Waals surface area contributed by atoms with E-state index in [2.05, 4.69) is 4.85 Å². The van der Waals surface area contributed by atoms with Gasteiger partial charge in [0.2, 0.25) is 6.54 Å². The molecule has 0 aliphatic carbocycles. The molecule has 0 heterocycles. The number of hydrogen-bond acceptors (Lipinski definition) is 0. The fourth-order valence-corrected chi connectivity index (χ4v) is 1.06. The molecule has 0 spiro atoms. The summed E-state index contributed by atoms with van der Waals surface area (Å²) in [6.07, 6.45) is -1.31. The average Bonchev–Trinajstić information content (AvgIpc) is 2.15. The Morgan fingerprint density at radius 2 is 2.08 bits per heavy atom. The molecule has 1 aromatic carbocycles. The van der Waals surface area contributed by atoms with Crippen molar-refractivity contribution in [2.75, 3.05) is 6.54 Å². The van der Waals surface area contributed by atoms with Crippen LogP contribution in [0, 0.1) is 12.4 Å². The van der Waals surface area contributed by atoms with Crippen LogP contribution in [0.3, 0.4) is 0 Å². The summed E-state index contributed by atoms with van der Waals surface area (Å²) < 4.78 is 26.1. The lowest BCUT2D eigenvalue weighted by Gasteiger charge is -2.05. The maximum absolute atomic E-state index is 13.2. The van der Waals surface area contributed by atoms with Gasteiger partial charge in [0.1, 0.15) is 12.0 Å². The number of hydrogen-bond donors (Lipinski definition) is 0. The fraction of sp³-hybridized carbons (Fsp3) is 0.300. The molecular formula is C10H9F2N. The van der Waals surface area contributed by atoms with E-state index in [1.807, 2.05) is 0 Å². The quantitative estimate of drug-likeness (QED) is 0.631. The summed E-state index contributed by atoms with van der Waals surface area (Å²) in [6.45, 7) is 6.57. The second-order valence-corrected chi connectivity index (χ2v) is 2.66. The fourth-order valence-electron chi connectivity index (χ4n) is 1.06. The number of nitrogens with zero attached hydrogens (tertiary/aromatic N) is 1. The summed E-state index contributed by atoms with van der Waals surface area (Å²) in [5, 5.41) is 0. The minimum absolute atomic E-state index is 0.0474. The van der Waals surface area contributed by atoms with Gasteiger partial charge in [-0.2, -0.15) is 0 Å². The third kappa shape index (κ3) is 2.51. The smallest absolute Gasteiger partial charge is 0.217 e. The standard InChI is InChI=1S/C10H9F2N/c1-13-7-6-10(12)8-4-2-3-5-9(8)11/h2-5,10H,6-7H2. The molecule has 0 bridgehead atoms. The lowest BCUT2D eigenvalue weighted by atomic mass is 10.1. The zero-order valence-electron chi connectivity index (χ0n) is 7.00. The minimum atomic E-state index is -1.37. The van der Waals surface area contributed by atoms with E-state index in [0.717, 1.165) is 0 Å². The first-order chi connectivity index (χ1) is 6.25. The topological polar surface area (TPSA) is 4.36 Å². The molecular weight excluding hydrogens is 172 g/mol. The van der Waals surface area contributed by atoms with Gasteiger partial charge in [0, 0.05) is 5.56 Å². The normalized spacial score (nSPS) is 12.1. The number of alkyl halides is 1. The highest BCUT2D eigenvalue weighted by Crippen LogP contribution is 2.23. The van der Waals surface area contributed by atoms with Crippen molar-refractivity contribution >= 4 is 0 Å². The largest absolute Gasteiger partial charge is 0.317 e. The Morgan fingerprint density at radius 1 is 1.38 bits per heavy atom. The Balaban J connectivity index is 2.72. The molecule has 0 N–H and O–H groups in total. The predicted molar refractivity (Wildman–Crippen MR) is 46.3 cm³/mol. The molecule has 13 heavy (non-hydrogen) atoms. The Morgan fingerprint density at radius 3 is 2.69 bits per heavy atom. The van der Waals surface area contributed by atoms with E-state index in [1.165, 1.54) is 18.2 Å². The predicted octanol–water partition coefficient (Wildman–Crippen LogP) is 3.15. The molecule has 0 aliphatic rings. The average molecular weight is 181 g/mol. The summed E-state index contributed by atoms with van der Waals surface area (Å²) >= 11 is 0. The Hall–Kier alpha value is -1.43. The van der Waals surface area contributed by atoms with Gasteiger partial charge >= 0.3 is 0 Å². The van der Waals surface area contributed by atoms with Crippen LogP contribution in [-0.4, -0.2) is 6.54 Å². The lowest BCUT2D eigenvalue weighted by molar-refractivity contribution is 0.322. The van der Waals surface area contributed by atoms with Gasteiger partial charge in [-0.15, -0.1) is 0 Å².